The minimum Gasteiger partial charge on any atom is -0.300 e. The van der Waals surface area contributed by atoms with Gasteiger partial charge < -0.3 is 4.90 Å². The van der Waals surface area contributed by atoms with E-state index in [1.807, 2.05) is 30.6 Å². The predicted octanol–water partition coefficient (Wildman–Crippen LogP) is 3.46. The van der Waals surface area contributed by atoms with Crippen LogP contribution < -0.4 is 0 Å². The summed E-state index contributed by atoms with van der Waals surface area (Å²) >= 11 is 6.06. The van der Waals surface area contributed by atoms with E-state index in [2.05, 4.69) is 48.4 Å². The minimum atomic E-state index is 0.459. The van der Waals surface area contributed by atoms with Crippen molar-refractivity contribution in [1.82, 2.24) is 39.9 Å². The van der Waals surface area contributed by atoms with Crippen LogP contribution in [-0.2, 0) is 0 Å². The van der Waals surface area contributed by atoms with Gasteiger partial charge in [-0.2, -0.15) is 10.2 Å². The largest absolute Gasteiger partial charge is 0.300 e. The molecule has 3 aromatic heterocycles. The van der Waals surface area contributed by atoms with Gasteiger partial charge in [-0.15, -0.1) is 5.10 Å². The van der Waals surface area contributed by atoms with E-state index in [0.717, 1.165) is 22.3 Å². The zero-order valence-corrected chi connectivity index (χ0v) is 16.8. The van der Waals surface area contributed by atoms with E-state index < -0.39 is 0 Å². The normalized spacial score (nSPS) is 24.6. The Morgan fingerprint density at radius 2 is 1.93 bits per heavy atom. The van der Waals surface area contributed by atoms with Crippen molar-refractivity contribution in [3.63, 3.8) is 0 Å². The first-order valence-corrected chi connectivity index (χ1v) is 10.4. The number of halogens is 1. The number of benzene rings is 1. The van der Waals surface area contributed by atoms with Crippen LogP contribution in [0.25, 0.3) is 28.0 Å². The third kappa shape index (κ3) is 2.78. The van der Waals surface area contributed by atoms with Crippen molar-refractivity contribution < 1.29 is 0 Å². The molecule has 148 valence electrons. The molecular formula is C20H21ClN8. The zero-order chi connectivity index (χ0) is 19.5. The summed E-state index contributed by atoms with van der Waals surface area (Å²) < 4.78 is 3.87. The number of fused-ring (bicyclic) bond motifs is 3. The second-order valence-corrected chi connectivity index (χ2v) is 8.60. The number of nitrogens with one attached hydrogen (secondary N) is 1. The Balaban J connectivity index is 1.28. The number of rotatable bonds is 3. The van der Waals surface area contributed by atoms with E-state index in [4.69, 9.17) is 11.6 Å². The van der Waals surface area contributed by atoms with Gasteiger partial charge in [0, 0.05) is 22.5 Å². The summed E-state index contributed by atoms with van der Waals surface area (Å²) in [5, 5.41) is 22.3. The first-order chi connectivity index (χ1) is 14.2. The smallest absolute Gasteiger partial charge is 0.134 e. The van der Waals surface area contributed by atoms with Crippen LogP contribution in [0.3, 0.4) is 0 Å². The molecule has 0 amide bonds. The monoisotopic (exact) mass is 408 g/mol. The van der Waals surface area contributed by atoms with Crippen LogP contribution in [0.2, 0.25) is 5.02 Å². The summed E-state index contributed by atoms with van der Waals surface area (Å²) in [6.45, 7) is 0. The van der Waals surface area contributed by atoms with Crippen molar-refractivity contribution in [1.29, 1.82) is 0 Å². The molecule has 1 N–H and O–H groups in total. The SMILES string of the molecule is CN1C2CCC1CC(n1cc(-n3cc(-c4n[nH]c5cc(Cl)ccc45)nn3)cn1)C2. The fourth-order valence-corrected chi connectivity index (χ4v) is 5.10. The zero-order valence-electron chi connectivity index (χ0n) is 16.0. The Labute approximate surface area is 172 Å². The van der Waals surface area contributed by atoms with Crippen LogP contribution in [-0.4, -0.2) is 59.0 Å². The molecule has 2 fully saturated rings. The molecule has 8 nitrogen and oxygen atoms in total. The van der Waals surface area contributed by atoms with Gasteiger partial charge in [0.1, 0.15) is 17.1 Å². The molecule has 2 aliphatic rings. The Kier molecular flexibility index (Phi) is 3.79. The predicted molar refractivity (Wildman–Crippen MR) is 110 cm³/mol. The van der Waals surface area contributed by atoms with Crippen molar-refractivity contribution in [3.05, 3.63) is 41.8 Å². The number of nitrogens with zero attached hydrogens (tertiary/aromatic N) is 7. The number of hydrogen-bond acceptors (Lipinski definition) is 5. The number of H-pyrrole nitrogens is 1. The Hall–Kier alpha value is -2.71. The Bertz CT molecular complexity index is 1180. The lowest BCUT2D eigenvalue weighted by atomic mass is 9.98. The van der Waals surface area contributed by atoms with Gasteiger partial charge >= 0.3 is 0 Å². The van der Waals surface area contributed by atoms with E-state index >= 15 is 0 Å². The maximum atomic E-state index is 6.06. The van der Waals surface area contributed by atoms with E-state index in [1.54, 1.807) is 4.68 Å². The fraction of sp³-hybridized carbons (Fsp3) is 0.400. The molecule has 0 aliphatic carbocycles. The quantitative estimate of drug-likeness (QED) is 0.561. The Morgan fingerprint density at radius 3 is 2.76 bits per heavy atom. The highest BCUT2D eigenvalue weighted by Crippen LogP contribution is 2.39. The lowest BCUT2D eigenvalue weighted by molar-refractivity contribution is 0.131. The first-order valence-electron chi connectivity index (χ1n) is 9.98. The lowest BCUT2D eigenvalue weighted by Gasteiger charge is -2.36. The standard InChI is InChI=1S/C20H21ClN8/c1-27-13-3-4-14(27)8-15(7-13)28-10-16(9-22-28)29-11-19(24-26-29)20-17-5-2-12(21)6-18(17)23-25-20/h2,5-6,9-11,13-15H,3-4,7-8H2,1H3,(H,23,25). The van der Waals surface area contributed by atoms with Gasteiger partial charge in [0.05, 0.1) is 30.1 Å². The second-order valence-electron chi connectivity index (χ2n) is 8.16. The molecule has 0 radical (unpaired) electrons. The van der Waals surface area contributed by atoms with Crippen molar-refractivity contribution in [2.24, 2.45) is 0 Å². The third-order valence-corrected chi connectivity index (χ3v) is 6.80. The van der Waals surface area contributed by atoms with Crippen LogP contribution in [0.4, 0.5) is 0 Å². The summed E-state index contributed by atoms with van der Waals surface area (Å²) in [6, 6.07) is 7.49. The lowest BCUT2D eigenvalue weighted by Crippen LogP contribution is -2.40. The molecule has 2 atom stereocenters. The highest BCUT2D eigenvalue weighted by atomic mass is 35.5. The van der Waals surface area contributed by atoms with Crippen LogP contribution in [0.15, 0.2) is 36.8 Å². The molecule has 4 aromatic rings. The molecule has 2 aliphatic heterocycles. The maximum Gasteiger partial charge on any atom is 0.134 e. The third-order valence-electron chi connectivity index (χ3n) is 6.56. The van der Waals surface area contributed by atoms with Gasteiger partial charge in [-0.3, -0.25) is 9.78 Å². The van der Waals surface area contributed by atoms with Gasteiger partial charge in [0.25, 0.3) is 0 Å². The van der Waals surface area contributed by atoms with E-state index in [9.17, 15) is 0 Å². The summed E-state index contributed by atoms with van der Waals surface area (Å²) in [4.78, 5) is 2.55. The highest BCUT2D eigenvalue weighted by molar-refractivity contribution is 6.31. The number of hydrogen-bond donors (Lipinski definition) is 1. The van der Waals surface area contributed by atoms with E-state index in [1.165, 1.54) is 25.7 Å². The van der Waals surface area contributed by atoms with Gasteiger partial charge in [0.2, 0.25) is 0 Å². The van der Waals surface area contributed by atoms with Crippen LogP contribution in [0, 0.1) is 0 Å². The van der Waals surface area contributed by atoms with Crippen molar-refractivity contribution >= 4 is 22.5 Å². The summed E-state index contributed by atoms with van der Waals surface area (Å²) in [7, 11) is 2.26. The number of aromatic amines is 1. The van der Waals surface area contributed by atoms with Gasteiger partial charge in [-0.25, -0.2) is 4.68 Å². The summed E-state index contributed by atoms with van der Waals surface area (Å²) in [6.07, 6.45) is 10.8. The molecule has 2 bridgehead atoms. The molecule has 6 rings (SSSR count). The number of aromatic nitrogens is 7. The molecule has 9 heteroatoms. The minimum absolute atomic E-state index is 0.459. The van der Waals surface area contributed by atoms with Gasteiger partial charge in [-0.05, 0) is 50.9 Å². The maximum absolute atomic E-state index is 6.06. The van der Waals surface area contributed by atoms with Gasteiger partial charge in [0.15, 0.2) is 0 Å². The van der Waals surface area contributed by atoms with Gasteiger partial charge in [-0.1, -0.05) is 16.8 Å². The molecule has 2 saturated heterocycles. The summed E-state index contributed by atoms with van der Waals surface area (Å²) in [5.74, 6) is 0. The molecule has 1 aromatic carbocycles. The van der Waals surface area contributed by atoms with E-state index in [-0.39, 0.29) is 0 Å². The first kappa shape index (κ1) is 17.2. The van der Waals surface area contributed by atoms with E-state index in [0.29, 0.717) is 28.8 Å². The molecule has 0 saturated carbocycles. The fourth-order valence-electron chi connectivity index (χ4n) is 4.93. The highest BCUT2D eigenvalue weighted by Gasteiger charge is 2.39. The topological polar surface area (TPSA) is 80.5 Å². The summed E-state index contributed by atoms with van der Waals surface area (Å²) in [5.41, 5.74) is 3.27. The molecule has 29 heavy (non-hydrogen) atoms. The average Bonchev–Trinajstić information content (AvgIpc) is 3.47. The van der Waals surface area contributed by atoms with Crippen LogP contribution >= 0.6 is 11.6 Å². The average molecular weight is 409 g/mol. The Morgan fingerprint density at radius 1 is 1.10 bits per heavy atom. The second kappa shape index (κ2) is 6.40. The van der Waals surface area contributed by atoms with Crippen molar-refractivity contribution in [2.75, 3.05) is 7.05 Å². The molecule has 5 heterocycles. The molecule has 2 unspecified atom stereocenters. The molecule has 0 spiro atoms. The number of piperidine rings is 1. The van der Waals surface area contributed by atoms with Crippen molar-refractivity contribution in [2.45, 2.75) is 43.8 Å². The van der Waals surface area contributed by atoms with Crippen LogP contribution in [0.5, 0.6) is 0 Å². The van der Waals surface area contributed by atoms with Crippen LogP contribution in [0.1, 0.15) is 31.7 Å². The molecular weight excluding hydrogens is 388 g/mol. The van der Waals surface area contributed by atoms with Crippen molar-refractivity contribution in [3.8, 4) is 17.1 Å².